The fourth-order valence-electron chi connectivity index (χ4n) is 2.41. The predicted molar refractivity (Wildman–Crippen MR) is 85.6 cm³/mol. The minimum absolute atomic E-state index is 0.271. The number of pyridine rings is 1. The summed E-state index contributed by atoms with van der Waals surface area (Å²) in [5.74, 6) is 1.27. The number of benzene rings is 1. The zero-order valence-electron chi connectivity index (χ0n) is 12.1. The molecule has 1 aromatic carbocycles. The molecule has 0 fully saturated rings. The van der Waals surface area contributed by atoms with Gasteiger partial charge < -0.3 is 10.3 Å². The van der Waals surface area contributed by atoms with Gasteiger partial charge in [0.15, 0.2) is 5.65 Å². The first-order valence-electron chi connectivity index (χ1n) is 7.24. The summed E-state index contributed by atoms with van der Waals surface area (Å²) in [5.41, 5.74) is 2.84. The van der Waals surface area contributed by atoms with Gasteiger partial charge in [-0.3, -0.25) is 4.98 Å². The number of anilines is 1. The number of nitrogens with one attached hydrogen (secondary N) is 2. The van der Waals surface area contributed by atoms with E-state index in [9.17, 15) is 4.39 Å². The monoisotopic (exact) mass is 308 g/mol. The van der Waals surface area contributed by atoms with Crippen molar-refractivity contribution < 1.29 is 4.39 Å². The average molecular weight is 308 g/mol. The van der Waals surface area contributed by atoms with Crippen molar-refractivity contribution in [1.29, 1.82) is 0 Å². The van der Waals surface area contributed by atoms with Crippen molar-refractivity contribution in [2.24, 2.45) is 0 Å². The number of halogens is 1. The van der Waals surface area contributed by atoms with E-state index in [1.54, 1.807) is 18.5 Å². The maximum absolute atomic E-state index is 13.2. The molecule has 0 aliphatic rings. The molecule has 0 unspecified atom stereocenters. The van der Waals surface area contributed by atoms with Crippen LogP contribution in [0.15, 0.2) is 42.7 Å². The van der Waals surface area contributed by atoms with Crippen molar-refractivity contribution in [2.45, 2.75) is 6.42 Å². The van der Waals surface area contributed by atoms with Crippen molar-refractivity contribution >= 4 is 28.0 Å². The largest absolute Gasteiger partial charge is 0.370 e. The number of fused-ring (bicyclic) bond motifs is 2. The highest BCUT2D eigenvalue weighted by molar-refractivity contribution is 5.75. The van der Waals surface area contributed by atoms with Crippen molar-refractivity contribution in [3.8, 4) is 0 Å². The second-order valence-corrected chi connectivity index (χ2v) is 5.12. The molecule has 0 radical (unpaired) electrons. The van der Waals surface area contributed by atoms with Crippen LogP contribution in [-0.4, -0.2) is 31.5 Å². The van der Waals surface area contributed by atoms with Crippen LogP contribution in [0.5, 0.6) is 0 Å². The molecule has 4 aromatic rings. The van der Waals surface area contributed by atoms with E-state index in [-0.39, 0.29) is 5.82 Å². The Balaban J connectivity index is 1.45. The molecular weight excluding hydrogens is 295 g/mol. The van der Waals surface area contributed by atoms with Gasteiger partial charge in [0.05, 0.1) is 11.0 Å². The lowest BCUT2D eigenvalue weighted by molar-refractivity contribution is 0.629. The van der Waals surface area contributed by atoms with E-state index in [0.29, 0.717) is 24.1 Å². The molecule has 0 amide bonds. The summed E-state index contributed by atoms with van der Waals surface area (Å²) in [4.78, 5) is 20.3. The molecule has 0 saturated heterocycles. The van der Waals surface area contributed by atoms with E-state index in [2.05, 4.69) is 30.2 Å². The van der Waals surface area contributed by atoms with Crippen LogP contribution in [0, 0.1) is 5.82 Å². The van der Waals surface area contributed by atoms with Crippen LogP contribution >= 0.6 is 0 Å². The Kier molecular flexibility index (Phi) is 3.30. The second-order valence-electron chi connectivity index (χ2n) is 5.12. The van der Waals surface area contributed by atoms with Gasteiger partial charge in [0, 0.05) is 25.4 Å². The molecule has 23 heavy (non-hydrogen) atoms. The van der Waals surface area contributed by atoms with Gasteiger partial charge in [-0.2, -0.15) is 0 Å². The number of rotatable bonds is 4. The van der Waals surface area contributed by atoms with E-state index in [0.717, 1.165) is 22.7 Å². The third kappa shape index (κ3) is 2.80. The molecule has 2 N–H and O–H groups in total. The molecular formula is C16H13FN6. The predicted octanol–water partition coefficient (Wildman–Crippen LogP) is 2.69. The van der Waals surface area contributed by atoms with Crippen LogP contribution < -0.4 is 5.32 Å². The normalized spacial score (nSPS) is 11.2. The summed E-state index contributed by atoms with van der Waals surface area (Å²) in [7, 11) is 0. The zero-order chi connectivity index (χ0) is 15.6. The van der Waals surface area contributed by atoms with Crippen molar-refractivity contribution in [2.75, 3.05) is 11.9 Å². The molecule has 3 aromatic heterocycles. The Morgan fingerprint density at radius 2 is 1.87 bits per heavy atom. The van der Waals surface area contributed by atoms with Crippen LogP contribution in [0.4, 0.5) is 10.2 Å². The third-order valence-electron chi connectivity index (χ3n) is 3.49. The second kappa shape index (κ2) is 5.60. The summed E-state index contributed by atoms with van der Waals surface area (Å²) in [6.45, 7) is 0.654. The molecule has 3 heterocycles. The Labute approximate surface area is 130 Å². The minimum atomic E-state index is -0.271. The maximum Gasteiger partial charge on any atom is 0.180 e. The summed E-state index contributed by atoms with van der Waals surface area (Å²) in [6.07, 6.45) is 3.94. The first-order valence-corrected chi connectivity index (χ1v) is 7.24. The van der Waals surface area contributed by atoms with E-state index in [1.165, 1.54) is 12.1 Å². The number of aromatic amines is 1. The van der Waals surface area contributed by atoms with Gasteiger partial charge in [-0.15, -0.1) is 0 Å². The average Bonchev–Trinajstić information content (AvgIpc) is 2.96. The smallest absolute Gasteiger partial charge is 0.180 e. The van der Waals surface area contributed by atoms with Gasteiger partial charge >= 0.3 is 0 Å². The summed E-state index contributed by atoms with van der Waals surface area (Å²) < 4.78 is 13.2. The molecule has 0 aliphatic heterocycles. The van der Waals surface area contributed by atoms with Gasteiger partial charge in [-0.05, 0) is 30.3 Å². The summed E-state index contributed by atoms with van der Waals surface area (Å²) in [6, 6.07) is 8.27. The SMILES string of the molecule is Fc1ccc2nc(CCNc3ccc4nccnc4n3)[nH]c2c1. The van der Waals surface area contributed by atoms with Gasteiger partial charge in [-0.25, -0.2) is 19.3 Å². The first kappa shape index (κ1) is 13.6. The van der Waals surface area contributed by atoms with Gasteiger partial charge in [0.25, 0.3) is 0 Å². The maximum atomic E-state index is 13.2. The molecule has 0 bridgehead atoms. The molecule has 7 heteroatoms. The minimum Gasteiger partial charge on any atom is -0.370 e. The Morgan fingerprint density at radius 3 is 2.83 bits per heavy atom. The van der Waals surface area contributed by atoms with E-state index in [1.807, 2.05) is 12.1 Å². The Bertz CT molecular complexity index is 981. The Hall–Kier alpha value is -3.09. The zero-order valence-corrected chi connectivity index (χ0v) is 12.1. The van der Waals surface area contributed by atoms with E-state index < -0.39 is 0 Å². The highest BCUT2D eigenvalue weighted by atomic mass is 19.1. The van der Waals surface area contributed by atoms with Crippen LogP contribution in [0.2, 0.25) is 0 Å². The molecule has 0 spiro atoms. The number of hydrogen-bond donors (Lipinski definition) is 2. The Morgan fingerprint density at radius 1 is 1.00 bits per heavy atom. The first-order chi connectivity index (χ1) is 11.3. The number of nitrogens with zero attached hydrogens (tertiary/aromatic N) is 4. The van der Waals surface area contributed by atoms with Crippen molar-refractivity contribution in [3.05, 3.63) is 54.4 Å². The molecule has 6 nitrogen and oxygen atoms in total. The number of hydrogen-bond acceptors (Lipinski definition) is 5. The highest BCUT2D eigenvalue weighted by Gasteiger charge is 2.04. The lowest BCUT2D eigenvalue weighted by Crippen LogP contribution is -2.07. The van der Waals surface area contributed by atoms with Crippen molar-refractivity contribution in [3.63, 3.8) is 0 Å². The fourth-order valence-corrected chi connectivity index (χ4v) is 2.41. The van der Waals surface area contributed by atoms with Crippen LogP contribution in [0.1, 0.15) is 5.82 Å². The van der Waals surface area contributed by atoms with Gasteiger partial charge in [0.1, 0.15) is 23.0 Å². The molecule has 0 atom stereocenters. The van der Waals surface area contributed by atoms with Crippen molar-refractivity contribution in [1.82, 2.24) is 24.9 Å². The van der Waals surface area contributed by atoms with Gasteiger partial charge in [-0.1, -0.05) is 0 Å². The van der Waals surface area contributed by atoms with Gasteiger partial charge in [0.2, 0.25) is 0 Å². The number of H-pyrrole nitrogens is 1. The molecule has 0 saturated carbocycles. The standard InChI is InChI=1S/C16H13FN6/c17-10-1-2-11-13(9-10)22-15(21-11)5-6-19-14-4-3-12-16(23-14)20-8-7-18-12/h1-4,7-9H,5-6H2,(H,21,22)(H,19,20,23). The van der Waals surface area contributed by atoms with Crippen LogP contribution in [0.3, 0.4) is 0 Å². The third-order valence-corrected chi connectivity index (χ3v) is 3.49. The highest BCUT2D eigenvalue weighted by Crippen LogP contribution is 2.14. The molecule has 4 rings (SSSR count). The lowest BCUT2D eigenvalue weighted by atomic mass is 10.3. The molecule has 114 valence electrons. The van der Waals surface area contributed by atoms with Crippen LogP contribution in [-0.2, 0) is 6.42 Å². The van der Waals surface area contributed by atoms with Crippen LogP contribution in [0.25, 0.3) is 22.2 Å². The summed E-state index contributed by atoms with van der Waals surface area (Å²) >= 11 is 0. The number of aromatic nitrogens is 5. The topological polar surface area (TPSA) is 79.4 Å². The van der Waals surface area contributed by atoms with E-state index in [4.69, 9.17) is 0 Å². The fraction of sp³-hybridized carbons (Fsp3) is 0.125. The van der Waals surface area contributed by atoms with E-state index >= 15 is 0 Å². The quantitative estimate of drug-likeness (QED) is 0.606. The summed E-state index contributed by atoms with van der Waals surface area (Å²) in [5, 5.41) is 3.23. The lowest BCUT2D eigenvalue weighted by Gasteiger charge is -2.04. The number of imidazole rings is 1. The molecule has 0 aliphatic carbocycles.